The number of hydrogen-bond donors (Lipinski definition) is 1. The number of nitrogens with one attached hydrogen (secondary N) is 1. The van der Waals surface area contributed by atoms with E-state index in [1.807, 2.05) is 4.90 Å². The predicted octanol–water partition coefficient (Wildman–Crippen LogP) is 2.53. The van der Waals surface area contributed by atoms with Gasteiger partial charge in [-0.15, -0.1) is 0 Å². The standard InChI is InChI=1S/C15H16ClN5O3S/c1-8-11(13(23)24-2)25-15(18-8)20-12(22)10-9(16)7-17-14(19-10)21-5-3-4-6-21/h7H,3-6H2,1-2H3,(H,18,20,22). The van der Waals surface area contributed by atoms with Crippen molar-refractivity contribution in [3.63, 3.8) is 0 Å². The second-order valence-corrected chi connectivity index (χ2v) is 6.85. The van der Waals surface area contributed by atoms with Crippen LogP contribution in [0.4, 0.5) is 11.1 Å². The molecular weight excluding hydrogens is 366 g/mol. The molecule has 8 nitrogen and oxygen atoms in total. The molecular formula is C15H16ClN5O3S. The van der Waals surface area contributed by atoms with Crippen LogP contribution in [0.2, 0.25) is 5.02 Å². The first-order valence-corrected chi connectivity index (χ1v) is 8.83. The Bertz CT molecular complexity index is 819. The zero-order chi connectivity index (χ0) is 18.0. The number of esters is 1. The molecule has 10 heteroatoms. The quantitative estimate of drug-likeness (QED) is 0.812. The average Bonchev–Trinajstić information content (AvgIpc) is 3.24. The van der Waals surface area contributed by atoms with Crippen LogP contribution in [0.3, 0.4) is 0 Å². The summed E-state index contributed by atoms with van der Waals surface area (Å²) < 4.78 is 4.68. The molecule has 2 aromatic heterocycles. The summed E-state index contributed by atoms with van der Waals surface area (Å²) in [7, 11) is 1.29. The molecule has 3 rings (SSSR count). The Labute approximate surface area is 153 Å². The number of nitrogens with zero attached hydrogens (tertiary/aromatic N) is 4. The molecule has 0 bridgehead atoms. The third kappa shape index (κ3) is 3.72. The van der Waals surface area contributed by atoms with Crippen molar-refractivity contribution in [2.24, 2.45) is 0 Å². The summed E-state index contributed by atoms with van der Waals surface area (Å²) in [5.41, 5.74) is 0.560. The molecule has 0 radical (unpaired) electrons. The van der Waals surface area contributed by atoms with E-state index < -0.39 is 11.9 Å². The zero-order valence-electron chi connectivity index (χ0n) is 13.7. The van der Waals surface area contributed by atoms with Gasteiger partial charge in [0.05, 0.1) is 24.0 Å². The lowest BCUT2D eigenvalue weighted by atomic mass is 10.4. The van der Waals surface area contributed by atoms with Gasteiger partial charge < -0.3 is 9.64 Å². The van der Waals surface area contributed by atoms with Crippen LogP contribution in [0.1, 0.15) is 38.7 Å². The summed E-state index contributed by atoms with van der Waals surface area (Å²) in [6, 6.07) is 0. The molecule has 1 fully saturated rings. The number of thiazole rings is 1. The number of carbonyl (C=O) groups is 2. The number of halogens is 1. The van der Waals surface area contributed by atoms with Crippen LogP contribution in [0, 0.1) is 6.92 Å². The summed E-state index contributed by atoms with van der Waals surface area (Å²) >= 11 is 7.11. The minimum atomic E-state index is -0.502. The van der Waals surface area contributed by atoms with Gasteiger partial charge in [-0.3, -0.25) is 10.1 Å². The predicted molar refractivity (Wildman–Crippen MR) is 94.6 cm³/mol. The van der Waals surface area contributed by atoms with E-state index in [0.29, 0.717) is 16.5 Å². The molecule has 2 aromatic rings. The van der Waals surface area contributed by atoms with Crippen molar-refractivity contribution in [1.82, 2.24) is 15.0 Å². The van der Waals surface area contributed by atoms with Crippen molar-refractivity contribution in [2.75, 3.05) is 30.4 Å². The summed E-state index contributed by atoms with van der Waals surface area (Å²) in [5.74, 6) is -0.512. The lowest BCUT2D eigenvalue weighted by Gasteiger charge is -2.15. The van der Waals surface area contributed by atoms with Crippen LogP contribution in [0.25, 0.3) is 0 Å². The SMILES string of the molecule is COC(=O)c1sc(NC(=O)c2nc(N3CCCC3)ncc2Cl)nc1C. The fourth-order valence-corrected chi connectivity index (χ4v) is 3.53. The normalized spacial score (nSPS) is 13.8. The van der Waals surface area contributed by atoms with Crippen LogP contribution < -0.4 is 10.2 Å². The van der Waals surface area contributed by atoms with E-state index in [9.17, 15) is 9.59 Å². The number of rotatable bonds is 4. The maximum absolute atomic E-state index is 12.5. The number of ether oxygens (including phenoxy) is 1. The largest absolute Gasteiger partial charge is 0.465 e. The molecule has 25 heavy (non-hydrogen) atoms. The van der Waals surface area contributed by atoms with Crippen molar-refractivity contribution in [3.8, 4) is 0 Å². The summed E-state index contributed by atoms with van der Waals surface area (Å²) in [4.78, 5) is 39.1. The van der Waals surface area contributed by atoms with Crippen LogP contribution in [0.5, 0.6) is 0 Å². The highest BCUT2D eigenvalue weighted by Crippen LogP contribution is 2.25. The van der Waals surface area contributed by atoms with Gasteiger partial charge in [0.2, 0.25) is 5.95 Å². The number of aromatic nitrogens is 3. The van der Waals surface area contributed by atoms with E-state index in [-0.39, 0.29) is 15.8 Å². The van der Waals surface area contributed by atoms with E-state index in [1.54, 1.807) is 6.92 Å². The third-order valence-electron chi connectivity index (χ3n) is 3.72. The molecule has 0 saturated carbocycles. The molecule has 1 amide bonds. The van der Waals surface area contributed by atoms with Gasteiger partial charge in [0, 0.05) is 13.1 Å². The van der Waals surface area contributed by atoms with Gasteiger partial charge in [-0.2, -0.15) is 0 Å². The number of hydrogen-bond acceptors (Lipinski definition) is 8. The summed E-state index contributed by atoms with van der Waals surface area (Å²) in [6.45, 7) is 3.38. The molecule has 3 heterocycles. The maximum Gasteiger partial charge on any atom is 0.350 e. The van der Waals surface area contributed by atoms with Gasteiger partial charge >= 0.3 is 5.97 Å². The Balaban J connectivity index is 1.81. The third-order valence-corrected chi connectivity index (χ3v) is 5.05. The van der Waals surface area contributed by atoms with E-state index in [2.05, 4.69) is 25.0 Å². The van der Waals surface area contributed by atoms with Gasteiger partial charge in [-0.25, -0.2) is 19.7 Å². The van der Waals surface area contributed by atoms with E-state index in [0.717, 1.165) is 37.3 Å². The van der Waals surface area contributed by atoms with Crippen molar-refractivity contribution in [2.45, 2.75) is 19.8 Å². The Morgan fingerprint density at radius 1 is 1.32 bits per heavy atom. The molecule has 0 aliphatic carbocycles. The minimum Gasteiger partial charge on any atom is -0.465 e. The van der Waals surface area contributed by atoms with Gasteiger partial charge in [0.15, 0.2) is 10.8 Å². The Morgan fingerprint density at radius 2 is 2.04 bits per heavy atom. The molecule has 1 saturated heterocycles. The molecule has 0 aromatic carbocycles. The van der Waals surface area contributed by atoms with Crippen molar-refractivity contribution in [1.29, 1.82) is 0 Å². The van der Waals surface area contributed by atoms with Crippen LogP contribution in [-0.2, 0) is 4.74 Å². The lowest BCUT2D eigenvalue weighted by molar-refractivity contribution is 0.0605. The fraction of sp³-hybridized carbons (Fsp3) is 0.400. The number of amides is 1. The number of anilines is 2. The highest BCUT2D eigenvalue weighted by atomic mass is 35.5. The van der Waals surface area contributed by atoms with Gasteiger partial charge in [-0.05, 0) is 19.8 Å². The van der Waals surface area contributed by atoms with Crippen molar-refractivity contribution >= 4 is 45.9 Å². The highest BCUT2D eigenvalue weighted by Gasteiger charge is 2.22. The molecule has 1 aliphatic heterocycles. The first-order chi connectivity index (χ1) is 12.0. The first-order valence-electron chi connectivity index (χ1n) is 7.64. The van der Waals surface area contributed by atoms with Crippen LogP contribution in [0.15, 0.2) is 6.20 Å². The first kappa shape index (κ1) is 17.6. The molecule has 0 atom stereocenters. The molecule has 1 N–H and O–H groups in total. The lowest BCUT2D eigenvalue weighted by Crippen LogP contribution is -2.23. The minimum absolute atomic E-state index is 0.0750. The van der Waals surface area contributed by atoms with E-state index in [4.69, 9.17) is 11.6 Å². The molecule has 0 spiro atoms. The Kier molecular flexibility index (Phi) is 5.14. The zero-order valence-corrected chi connectivity index (χ0v) is 15.3. The monoisotopic (exact) mass is 381 g/mol. The number of carbonyl (C=O) groups excluding carboxylic acids is 2. The summed E-state index contributed by atoms with van der Waals surface area (Å²) in [5, 5.41) is 3.06. The van der Waals surface area contributed by atoms with Gasteiger partial charge in [-0.1, -0.05) is 22.9 Å². The molecule has 132 valence electrons. The topological polar surface area (TPSA) is 97.3 Å². The van der Waals surface area contributed by atoms with E-state index in [1.165, 1.54) is 13.3 Å². The van der Waals surface area contributed by atoms with E-state index >= 15 is 0 Å². The van der Waals surface area contributed by atoms with Gasteiger partial charge in [0.1, 0.15) is 4.88 Å². The van der Waals surface area contributed by atoms with Crippen molar-refractivity contribution < 1.29 is 14.3 Å². The smallest absolute Gasteiger partial charge is 0.350 e. The summed E-state index contributed by atoms with van der Waals surface area (Å²) in [6.07, 6.45) is 3.56. The van der Waals surface area contributed by atoms with Gasteiger partial charge in [0.25, 0.3) is 5.91 Å². The second kappa shape index (κ2) is 7.32. The average molecular weight is 382 g/mol. The Hall–Kier alpha value is -2.26. The Morgan fingerprint density at radius 3 is 2.72 bits per heavy atom. The van der Waals surface area contributed by atoms with Crippen molar-refractivity contribution in [3.05, 3.63) is 27.5 Å². The second-order valence-electron chi connectivity index (χ2n) is 5.44. The number of aryl methyl sites for hydroxylation is 1. The molecule has 0 unspecified atom stereocenters. The molecule has 1 aliphatic rings. The fourth-order valence-electron chi connectivity index (χ4n) is 2.47. The maximum atomic E-state index is 12.5. The van der Waals surface area contributed by atoms with Crippen LogP contribution in [-0.4, -0.2) is 47.0 Å². The van der Waals surface area contributed by atoms with Crippen LogP contribution >= 0.6 is 22.9 Å². The number of methoxy groups -OCH3 is 1. The highest BCUT2D eigenvalue weighted by molar-refractivity contribution is 7.17.